The quantitative estimate of drug-likeness (QED) is 0.915. The van der Waals surface area contributed by atoms with Gasteiger partial charge in [0.1, 0.15) is 12.3 Å². The number of piperazine rings is 1. The minimum absolute atomic E-state index is 0.180. The van der Waals surface area contributed by atoms with Crippen LogP contribution in [-0.2, 0) is 13.0 Å². The van der Waals surface area contributed by atoms with Gasteiger partial charge in [-0.25, -0.2) is 0 Å². The fourth-order valence-electron chi connectivity index (χ4n) is 3.98. The molecule has 1 N–H and O–H groups in total. The van der Waals surface area contributed by atoms with Crippen LogP contribution in [0.1, 0.15) is 32.6 Å². The summed E-state index contributed by atoms with van der Waals surface area (Å²) in [6, 6.07) is 12.7. The van der Waals surface area contributed by atoms with E-state index in [1.807, 2.05) is 30.9 Å². The van der Waals surface area contributed by atoms with E-state index in [1.165, 1.54) is 11.1 Å². The largest absolute Gasteiger partial charge is 0.493 e. The molecule has 26 heavy (non-hydrogen) atoms. The SMILES string of the molecule is Cc1ccc(C)c(C(=O)N2CC[NH+](Cc3ccc4c(c3)CCO4)CC2)c1. The number of carbonyl (C=O) groups excluding carboxylic acids is 1. The normalized spacial score (nSPS) is 17.1. The summed E-state index contributed by atoms with van der Waals surface area (Å²) in [6.45, 7) is 9.56. The first-order chi connectivity index (χ1) is 12.6. The Balaban J connectivity index is 1.36. The van der Waals surface area contributed by atoms with Crippen molar-refractivity contribution in [2.45, 2.75) is 26.8 Å². The maximum Gasteiger partial charge on any atom is 0.254 e. The molecule has 2 aromatic carbocycles. The van der Waals surface area contributed by atoms with Crippen molar-refractivity contribution < 1.29 is 14.4 Å². The topological polar surface area (TPSA) is 34.0 Å². The second-order valence-corrected chi connectivity index (χ2v) is 7.58. The van der Waals surface area contributed by atoms with Gasteiger partial charge in [-0.1, -0.05) is 17.7 Å². The zero-order valence-electron chi connectivity index (χ0n) is 15.7. The highest BCUT2D eigenvalue weighted by atomic mass is 16.5. The Morgan fingerprint density at radius 1 is 1.12 bits per heavy atom. The third-order valence-electron chi connectivity index (χ3n) is 5.59. The van der Waals surface area contributed by atoms with Gasteiger partial charge in [-0.15, -0.1) is 0 Å². The van der Waals surface area contributed by atoms with Crippen molar-refractivity contribution in [1.82, 2.24) is 4.90 Å². The Kier molecular flexibility index (Phi) is 4.68. The van der Waals surface area contributed by atoms with Crippen LogP contribution in [0.3, 0.4) is 0 Å². The van der Waals surface area contributed by atoms with Gasteiger partial charge in [-0.3, -0.25) is 4.79 Å². The van der Waals surface area contributed by atoms with Crippen LogP contribution in [0.2, 0.25) is 0 Å². The number of rotatable bonds is 3. The number of amides is 1. The molecule has 0 radical (unpaired) electrons. The molecule has 4 nitrogen and oxygen atoms in total. The highest BCUT2D eigenvalue weighted by Gasteiger charge is 2.25. The predicted molar refractivity (Wildman–Crippen MR) is 102 cm³/mol. The van der Waals surface area contributed by atoms with Crippen molar-refractivity contribution in [3.8, 4) is 5.75 Å². The lowest BCUT2D eigenvalue weighted by molar-refractivity contribution is -0.917. The lowest BCUT2D eigenvalue weighted by atomic mass is 10.0. The molecule has 0 bridgehead atoms. The lowest BCUT2D eigenvalue weighted by Gasteiger charge is -2.32. The third kappa shape index (κ3) is 3.47. The Morgan fingerprint density at radius 3 is 2.73 bits per heavy atom. The van der Waals surface area contributed by atoms with Gasteiger partial charge in [-0.05, 0) is 49.2 Å². The molecule has 0 atom stereocenters. The van der Waals surface area contributed by atoms with Crippen LogP contribution < -0.4 is 9.64 Å². The standard InChI is InChI=1S/C22H26N2O2/c1-16-3-4-17(2)20(13-16)22(25)24-10-8-23(9-11-24)15-18-5-6-21-19(14-18)7-12-26-21/h3-6,13-14H,7-12,15H2,1-2H3/p+1. The van der Waals surface area contributed by atoms with E-state index in [-0.39, 0.29) is 5.91 Å². The summed E-state index contributed by atoms with van der Waals surface area (Å²) in [5.41, 5.74) is 5.77. The first-order valence-electron chi connectivity index (χ1n) is 9.55. The highest BCUT2D eigenvalue weighted by molar-refractivity contribution is 5.95. The van der Waals surface area contributed by atoms with Crippen LogP contribution in [0.5, 0.6) is 5.75 Å². The fourth-order valence-corrected chi connectivity index (χ4v) is 3.98. The molecule has 0 unspecified atom stereocenters. The molecular weight excluding hydrogens is 324 g/mol. The molecule has 1 saturated heterocycles. The summed E-state index contributed by atoms with van der Waals surface area (Å²) in [6.07, 6.45) is 1.02. The molecule has 0 saturated carbocycles. The maximum absolute atomic E-state index is 12.9. The van der Waals surface area contributed by atoms with E-state index >= 15 is 0 Å². The minimum atomic E-state index is 0.180. The highest BCUT2D eigenvalue weighted by Crippen LogP contribution is 2.25. The Morgan fingerprint density at radius 2 is 1.92 bits per heavy atom. The summed E-state index contributed by atoms with van der Waals surface area (Å²) in [5.74, 6) is 1.23. The predicted octanol–water partition coefficient (Wildman–Crippen LogP) is 1.78. The number of hydrogen-bond donors (Lipinski definition) is 1. The van der Waals surface area contributed by atoms with Gasteiger partial charge in [0.2, 0.25) is 0 Å². The summed E-state index contributed by atoms with van der Waals surface area (Å²) in [5, 5.41) is 0. The van der Waals surface area contributed by atoms with Crippen molar-refractivity contribution in [3.05, 3.63) is 64.2 Å². The van der Waals surface area contributed by atoms with E-state index < -0.39 is 0 Å². The van der Waals surface area contributed by atoms with E-state index in [2.05, 4.69) is 24.3 Å². The minimum Gasteiger partial charge on any atom is -0.493 e. The van der Waals surface area contributed by atoms with Crippen LogP contribution >= 0.6 is 0 Å². The second-order valence-electron chi connectivity index (χ2n) is 7.58. The van der Waals surface area contributed by atoms with Crippen LogP contribution in [-0.4, -0.2) is 43.6 Å². The van der Waals surface area contributed by atoms with Gasteiger partial charge >= 0.3 is 0 Å². The molecule has 136 valence electrons. The zero-order chi connectivity index (χ0) is 18.1. The molecule has 0 aromatic heterocycles. The summed E-state index contributed by atoms with van der Waals surface area (Å²) < 4.78 is 5.59. The molecule has 0 aliphatic carbocycles. The summed E-state index contributed by atoms with van der Waals surface area (Å²) in [7, 11) is 0. The molecule has 2 heterocycles. The van der Waals surface area contributed by atoms with Gasteiger partial charge in [0.05, 0.1) is 32.8 Å². The fraction of sp³-hybridized carbons (Fsp3) is 0.409. The lowest BCUT2D eigenvalue weighted by Crippen LogP contribution is -3.13. The van der Waals surface area contributed by atoms with E-state index in [0.29, 0.717) is 0 Å². The van der Waals surface area contributed by atoms with Gasteiger partial charge in [0, 0.05) is 17.5 Å². The van der Waals surface area contributed by atoms with Crippen molar-refractivity contribution >= 4 is 5.91 Å². The van der Waals surface area contributed by atoms with Gasteiger partial charge < -0.3 is 14.5 Å². The van der Waals surface area contributed by atoms with Gasteiger partial charge in [0.25, 0.3) is 5.91 Å². The average molecular weight is 351 g/mol. The van der Waals surface area contributed by atoms with Gasteiger partial charge in [-0.2, -0.15) is 0 Å². The number of hydrogen-bond acceptors (Lipinski definition) is 2. The molecule has 2 aliphatic rings. The molecule has 2 aromatic rings. The van der Waals surface area contributed by atoms with Crippen LogP contribution in [0.4, 0.5) is 0 Å². The molecule has 4 rings (SSSR count). The molecular formula is C22H27N2O2+. The molecule has 4 heteroatoms. The molecule has 1 fully saturated rings. The zero-order valence-corrected chi connectivity index (χ0v) is 15.7. The number of fused-ring (bicyclic) bond motifs is 1. The monoisotopic (exact) mass is 351 g/mol. The van der Waals surface area contributed by atoms with E-state index in [1.54, 1.807) is 4.90 Å². The number of nitrogens with one attached hydrogen (secondary N) is 1. The Labute approximate surface area is 155 Å². The van der Waals surface area contributed by atoms with Crippen molar-refractivity contribution in [2.24, 2.45) is 0 Å². The summed E-state index contributed by atoms with van der Waals surface area (Å²) in [4.78, 5) is 16.4. The first kappa shape index (κ1) is 17.1. The second kappa shape index (κ2) is 7.12. The smallest absolute Gasteiger partial charge is 0.254 e. The van der Waals surface area contributed by atoms with Crippen molar-refractivity contribution in [1.29, 1.82) is 0 Å². The Hall–Kier alpha value is -2.33. The van der Waals surface area contributed by atoms with Crippen molar-refractivity contribution in [2.75, 3.05) is 32.8 Å². The number of quaternary nitrogens is 1. The van der Waals surface area contributed by atoms with Crippen molar-refractivity contribution in [3.63, 3.8) is 0 Å². The number of ether oxygens (including phenoxy) is 1. The number of benzene rings is 2. The number of aryl methyl sites for hydroxylation is 2. The average Bonchev–Trinajstić information content (AvgIpc) is 3.11. The van der Waals surface area contributed by atoms with Crippen LogP contribution in [0.25, 0.3) is 0 Å². The van der Waals surface area contributed by atoms with E-state index in [4.69, 9.17) is 4.74 Å². The summed E-state index contributed by atoms with van der Waals surface area (Å²) >= 11 is 0. The van der Waals surface area contributed by atoms with Crippen LogP contribution in [0.15, 0.2) is 36.4 Å². The van der Waals surface area contributed by atoms with Crippen LogP contribution in [0, 0.1) is 13.8 Å². The van der Waals surface area contributed by atoms with E-state index in [0.717, 1.165) is 68.2 Å². The molecule has 2 aliphatic heterocycles. The Bertz CT molecular complexity index is 823. The number of nitrogens with zero attached hydrogens (tertiary/aromatic N) is 1. The van der Waals surface area contributed by atoms with Gasteiger partial charge in [0.15, 0.2) is 0 Å². The molecule has 0 spiro atoms. The van der Waals surface area contributed by atoms with E-state index in [9.17, 15) is 4.79 Å². The molecule has 1 amide bonds. The third-order valence-corrected chi connectivity index (χ3v) is 5.59. The first-order valence-corrected chi connectivity index (χ1v) is 9.55. The maximum atomic E-state index is 12.9. The number of carbonyl (C=O) groups is 1.